The van der Waals surface area contributed by atoms with E-state index in [1.54, 1.807) is 30.3 Å². The zero-order chi connectivity index (χ0) is 22.3. The Labute approximate surface area is 187 Å². The first-order valence-electron chi connectivity index (χ1n) is 9.57. The minimum Gasteiger partial charge on any atom is -0.365 e. The van der Waals surface area contributed by atoms with Crippen LogP contribution in [0, 0.1) is 5.82 Å². The summed E-state index contributed by atoms with van der Waals surface area (Å²) >= 11 is 6.14. The van der Waals surface area contributed by atoms with Crippen molar-refractivity contribution in [2.75, 3.05) is 5.32 Å². The molecule has 0 aliphatic carbocycles. The molecular weight excluding hydrogens is 453 g/mol. The van der Waals surface area contributed by atoms with E-state index >= 15 is 0 Å². The van der Waals surface area contributed by atoms with Crippen molar-refractivity contribution in [1.29, 1.82) is 0 Å². The highest BCUT2D eigenvalue weighted by molar-refractivity contribution is 7.91. The summed E-state index contributed by atoms with van der Waals surface area (Å²) in [6, 6.07) is 19.4. The Bertz CT molecular complexity index is 1570. The van der Waals surface area contributed by atoms with Gasteiger partial charge in [0.15, 0.2) is 5.65 Å². The summed E-state index contributed by atoms with van der Waals surface area (Å²) in [6.07, 6.45) is 0. The lowest BCUT2D eigenvalue weighted by atomic mass is 10.2. The molecule has 0 aliphatic heterocycles. The fraction of sp³-hybridized carbons (Fsp3) is 0.0455. The highest BCUT2D eigenvalue weighted by Gasteiger charge is 2.26. The Morgan fingerprint density at radius 1 is 1.00 bits per heavy atom. The quantitative estimate of drug-likeness (QED) is 0.409. The molecule has 0 amide bonds. The minimum atomic E-state index is -3.93. The van der Waals surface area contributed by atoms with Gasteiger partial charge in [-0.15, -0.1) is 5.10 Å². The SMILES string of the molecule is O=S(=O)(c1ccccc1)c1nnn2c1nc(NCc1ccc(F)cc1Cl)c1ccccc12. The Morgan fingerprint density at radius 3 is 2.53 bits per heavy atom. The van der Waals surface area contributed by atoms with Crippen LogP contribution in [0.5, 0.6) is 0 Å². The van der Waals surface area contributed by atoms with Crippen LogP contribution in [0.15, 0.2) is 82.7 Å². The number of anilines is 1. The van der Waals surface area contributed by atoms with E-state index in [1.165, 1.54) is 28.8 Å². The molecule has 0 saturated carbocycles. The topological polar surface area (TPSA) is 89.2 Å². The largest absolute Gasteiger partial charge is 0.365 e. The first kappa shape index (κ1) is 20.3. The number of benzene rings is 3. The highest BCUT2D eigenvalue weighted by Crippen LogP contribution is 2.28. The third kappa shape index (κ3) is 3.45. The van der Waals surface area contributed by atoms with Gasteiger partial charge >= 0.3 is 0 Å². The number of halogens is 2. The van der Waals surface area contributed by atoms with Crippen molar-refractivity contribution in [3.63, 3.8) is 0 Å². The molecule has 0 saturated heterocycles. The number of hydrogen-bond donors (Lipinski definition) is 1. The summed E-state index contributed by atoms with van der Waals surface area (Å²) in [4.78, 5) is 4.65. The van der Waals surface area contributed by atoms with Crippen LogP contribution in [0.25, 0.3) is 16.6 Å². The molecular formula is C22H15ClFN5O2S. The predicted octanol–water partition coefficient (Wildman–Crippen LogP) is 4.51. The number of hydrogen-bond acceptors (Lipinski definition) is 6. The second kappa shape index (κ2) is 7.85. The van der Waals surface area contributed by atoms with Gasteiger partial charge in [-0.3, -0.25) is 0 Å². The van der Waals surface area contributed by atoms with Crippen LogP contribution in [0.2, 0.25) is 5.02 Å². The van der Waals surface area contributed by atoms with E-state index in [0.29, 0.717) is 22.3 Å². The molecule has 3 aromatic carbocycles. The van der Waals surface area contributed by atoms with Crippen molar-refractivity contribution in [3.05, 3.63) is 89.2 Å². The zero-order valence-electron chi connectivity index (χ0n) is 16.4. The van der Waals surface area contributed by atoms with Crippen molar-refractivity contribution >= 4 is 43.8 Å². The van der Waals surface area contributed by atoms with Gasteiger partial charge in [0.25, 0.3) is 0 Å². The summed E-state index contributed by atoms with van der Waals surface area (Å²) in [7, 11) is -3.93. The number of fused-ring (bicyclic) bond motifs is 3. The molecule has 160 valence electrons. The average Bonchev–Trinajstić information content (AvgIpc) is 3.24. The van der Waals surface area contributed by atoms with E-state index in [-0.39, 0.29) is 27.1 Å². The molecule has 7 nitrogen and oxygen atoms in total. The van der Waals surface area contributed by atoms with Gasteiger partial charge in [-0.2, -0.15) is 4.52 Å². The first-order chi connectivity index (χ1) is 15.4. The fourth-order valence-corrected chi connectivity index (χ4v) is 4.90. The van der Waals surface area contributed by atoms with Gasteiger partial charge in [0.05, 0.1) is 10.4 Å². The molecule has 5 rings (SSSR count). The Kier molecular flexibility index (Phi) is 4.99. The lowest BCUT2D eigenvalue weighted by Crippen LogP contribution is -2.07. The second-order valence-corrected chi connectivity index (χ2v) is 9.29. The monoisotopic (exact) mass is 467 g/mol. The smallest absolute Gasteiger partial charge is 0.229 e. The highest BCUT2D eigenvalue weighted by atomic mass is 35.5. The maximum Gasteiger partial charge on any atom is 0.229 e. The lowest BCUT2D eigenvalue weighted by molar-refractivity contribution is 0.592. The number of para-hydroxylation sites is 1. The van der Waals surface area contributed by atoms with Crippen LogP contribution in [-0.4, -0.2) is 28.2 Å². The molecule has 32 heavy (non-hydrogen) atoms. The van der Waals surface area contributed by atoms with Gasteiger partial charge < -0.3 is 5.32 Å². The predicted molar refractivity (Wildman–Crippen MR) is 119 cm³/mol. The van der Waals surface area contributed by atoms with Crippen molar-refractivity contribution < 1.29 is 12.8 Å². The minimum absolute atomic E-state index is 0.0975. The van der Waals surface area contributed by atoms with Crippen LogP contribution in [0.4, 0.5) is 10.2 Å². The number of sulfone groups is 1. The molecule has 2 heterocycles. The van der Waals surface area contributed by atoms with Crippen LogP contribution in [0.1, 0.15) is 5.56 Å². The molecule has 2 aromatic heterocycles. The van der Waals surface area contributed by atoms with E-state index in [9.17, 15) is 12.8 Å². The van der Waals surface area contributed by atoms with Crippen LogP contribution in [-0.2, 0) is 16.4 Å². The van der Waals surface area contributed by atoms with Gasteiger partial charge in [0.1, 0.15) is 11.6 Å². The van der Waals surface area contributed by atoms with Gasteiger partial charge in [-0.1, -0.05) is 53.2 Å². The first-order valence-corrected chi connectivity index (χ1v) is 11.4. The second-order valence-electron chi connectivity index (χ2n) is 7.01. The van der Waals surface area contributed by atoms with Crippen LogP contribution < -0.4 is 5.32 Å². The average molecular weight is 468 g/mol. The van der Waals surface area contributed by atoms with Gasteiger partial charge in [0, 0.05) is 17.0 Å². The molecule has 5 aromatic rings. The third-order valence-electron chi connectivity index (χ3n) is 4.99. The summed E-state index contributed by atoms with van der Waals surface area (Å²) in [5.41, 5.74) is 1.40. The van der Waals surface area contributed by atoms with Gasteiger partial charge in [-0.25, -0.2) is 17.8 Å². The Morgan fingerprint density at radius 2 is 1.75 bits per heavy atom. The molecule has 0 unspecified atom stereocenters. The van der Waals surface area contributed by atoms with E-state index in [2.05, 4.69) is 20.6 Å². The van der Waals surface area contributed by atoms with E-state index in [4.69, 9.17) is 11.6 Å². The maximum absolute atomic E-state index is 13.4. The normalized spacial score (nSPS) is 11.8. The third-order valence-corrected chi connectivity index (χ3v) is 7.01. The molecule has 0 atom stereocenters. The van der Waals surface area contributed by atoms with Gasteiger partial charge in [-0.05, 0) is 42.0 Å². The Hall–Kier alpha value is -3.56. The van der Waals surface area contributed by atoms with Crippen molar-refractivity contribution in [1.82, 2.24) is 19.8 Å². The maximum atomic E-state index is 13.4. The van der Waals surface area contributed by atoms with Crippen molar-refractivity contribution in [2.45, 2.75) is 16.5 Å². The summed E-state index contributed by atoms with van der Waals surface area (Å²) in [5.74, 6) is 0.00476. The van der Waals surface area contributed by atoms with Crippen molar-refractivity contribution in [3.8, 4) is 0 Å². The van der Waals surface area contributed by atoms with Crippen LogP contribution in [0.3, 0.4) is 0 Å². The number of rotatable bonds is 5. The number of nitrogens with one attached hydrogen (secondary N) is 1. The molecule has 0 radical (unpaired) electrons. The zero-order valence-corrected chi connectivity index (χ0v) is 18.0. The van der Waals surface area contributed by atoms with E-state index in [0.717, 1.165) is 0 Å². The molecule has 0 bridgehead atoms. The Balaban J connectivity index is 1.65. The number of aromatic nitrogens is 4. The van der Waals surface area contributed by atoms with E-state index < -0.39 is 15.7 Å². The molecule has 0 fully saturated rings. The standard InChI is InChI=1S/C22H15ClFN5O2S/c23-18-12-15(24)11-10-14(18)13-25-20-17-8-4-5-9-19(17)29-21(26-20)22(27-28-29)32(30,31)16-6-2-1-3-7-16/h1-12H,13H2,(H,25,26). The number of nitrogens with zero attached hydrogens (tertiary/aromatic N) is 4. The lowest BCUT2D eigenvalue weighted by Gasteiger charge is -2.11. The van der Waals surface area contributed by atoms with Crippen LogP contribution >= 0.6 is 11.6 Å². The molecule has 0 spiro atoms. The van der Waals surface area contributed by atoms with Crippen molar-refractivity contribution in [2.24, 2.45) is 0 Å². The fourth-order valence-electron chi connectivity index (χ4n) is 3.41. The molecule has 10 heteroatoms. The molecule has 0 aliphatic rings. The van der Waals surface area contributed by atoms with Gasteiger partial charge in [0.2, 0.25) is 14.9 Å². The van der Waals surface area contributed by atoms with E-state index in [1.807, 2.05) is 18.2 Å². The molecule has 1 N–H and O–H groups in total. The summed E-state index contributed by atoms with van der Waals surface area (Å²) < 4.78 is 41.1. The summed E-state index contributed by atoms with van der Waals surface area (Å²) in [6.45, 7) is 0.259. The summed E-state index contributed by atoms with van der Waals surface area (Å²) in [5, 5.41) is 11.9.